The topological polar surface area (TPSA) is 37.3 Å². The molecule has 0 aliphatic carbocycles. The van der Waals surface area contributed by atoms with Gasteiger partial charge in [0, 0.05) is 0 Å². The lowest BCUT2D eigenvalue weighted by Gasteiger charge is -1.99. The first-order valence-electron chi connectivity index (χ1n) is 4.67. The number of aliphatic carboxylic acids is 1. The normalized spacial score (nSPS) is 14.0. The Labute approximate surface area is 80.0 Å². The van der Waals surface area contributed by atoms with Crippen LogP contribution in [0.1, 0.15) is 33.1 Å². The summed E-state index contributed by atoms with van der Waals surface area (Å²) in [6.07, 6.45) is 10.8. The fraction of sp³-hybridized carbons (Fsp3) is 0.545. The van der Waals surface area contributed by atoms with Crippen LogP contribution in [-0.4, -0.2) is 11.1 Å². The molecule has 0 radical (unpaired) electrons. The van der Waals surface area contributed by atoms with E-state index in [1.165, 1.54) is 0 Å². The smallest absolute Gasteiger partial charge is 0.306 e. The van der Waals surface area contributed by atoms with Crippen molar-refractivity contribution in [2.45, 2.75) is 33.1 Å². The van der Waals surface area contributed by atoms with Crippen LogP contribution in [0.5, 0.6) is 0 Å². The van der Waals surface area contributed by atoms with Crippen LogP contribution in [0.2, 0.25) is 0 Å². The van der Waals surface area contributed by atoms with E-state index in [9.17, 15) is 4.79 Å². The fourth-order valence-corrected chi connectivity index (χ4v) is 0.878. The molecule has 2 heteroatoms. The maximum Gasteiger partial charge on any atom is 0.306 e. The second-order valence-corrected chi connectivity index (χ2v) is 3.09. The molecule has 0 spiro atoms. The second-order valence-electron chi connectivity index (χ2n) is 3.09. The first-order chi connectivity index (χ1) is 6.18. The Morgan fingerprint density at radius 2 is 1.92 bits per heavy atom. The summed E-state index contributed by atoms with van der Waals surface area (Å²) in [6.45, 7) is 3.72. The Balaban J connectivity index is 3.46. The monoisotopic (exact) mass is 182 g/mol. The lowest BCUT2D eigenvalue weighted by molar-refractivity contribution is -0.140. The van der Waals surface area contributed by atoms with Gasteiger partial charge in [-0.2, -0.15) is 0 Å². The van der Waals surface area contributed by atoms with Gasteiger partial charge in [0.15, 0.2) is 0 Å². The van der Waals surface area contributed by atoms with Gasteiger partial charge in [0.05, 0.1) is 5.92 Å². The summed E-state index contributed by atoms with van der Waals surface area (Å²) in [6, 6.07) is 0. The maximum absolute atomic E-state index is 10.4. The highest BCUT2D eigenvalue weighted by Gasteiger charge is 2.06. The molecule has 13 heavy (non-hydrogen) atoms. The van der Waals surface area contributed by atoms with E-state index in [1.54, 1.807) is 6.92 Å². The Morgan fingerprint density at radius 3 is 2.46 bits per heavy atom. The quantitative estimate of drug-likeness (QED) is 0.506. The molecule has 0 fully saturated rings. The lowest BCUT2D eigenvalue weighted by Crippen LogP contribution is -2.07. The van der Waals surface area contributed by atoms with E-state index in [-0.39, 0.29) is 5.92 Å². The number of hydrogen-bond donors (Lipinski definition) is 1. The van der Waals surface area contributed by atoms with Crippen LogP contribution < -0.4 is 0 Å². The van der Waals surface area contributed by atoms with E-state index in [0.717, 1.165) is 12.8 Å². The second kappa shape index (κ2) is 7.59. The molecule has 0 aromatic rings. The molecule has 0 amide bonds. The van der Waals surface area contributed by atoms with Crippen molar-refractivity contribution in [2.24, 2.45) is 5.92 Å². The van der Waals surface area contributed by atoms with Gasteiger partial charge in [0.2, 0.25) is 0 Å². The summed E-state index contributed by atoms with van der Waals surface area (Å²) in [5, 5.41) is 8.58. The van der Waals surface area contributed by atoms with Gasteiger partial charge in [-0.3, -0.25) is 4.79 Å². The molecule has 0 rings (SSSR count). The van der Waals surface area contributed by atoms with Crippen LogP contribution in [0, 0.1) is 5.92 Å². The zero-order valence-corrected chi connectivity index (χ0v) is 8.36. The van der Waals surface area contributed by atoms with Crippen molar-refractivity contribution >= 4 is 5.97 Å². The number of rotatable bonds is 6. The van der Waals surface area contributed by atoms with Crippen LogP contribution in [-0.2, 0) is 4.79 Å². The van der Waals surface area contributed by atoms with Gasteiger partial charge in [0.1, 0.15) is 0 Å². The maximum atomic E-state index is 10.4. The Kier molecular flexibility index (Phi) is 6.98. The predicted molar refractivity (Wildman–Crippen MR) is 54.6 cm³/mol. The van der Waals surface area contributed by atoms with Crippen LogP contribution in [0.25, 0.3) is 0 Å². The van der Waals surface area contributed by atoms with E-state index in [0.29, 0.717) is 6.42 Å². The number of hydrogen-bond acceptors (Lipinski definition) is 1. The molecule has 0 aliphatic heterocycles. The summed E-state index contributed by atoms with van der Waals surface area (Å²) in [7, 11) is 0. The first-order valence-corrected chi connectivity index (χ1v) is 4.67. The minimum absolute atomic E-state index is 0.266. The Hall–Kier alpha value is -1.05. The van der Waals surface area contributed by atoms with E-state index in [4.69, 9.17) is 5.11 Å². The number of carbonyl (C=O) groups is 1. The van der Waals surface area contributed by atoms with E-state index >= 15 is 0 Å². The zero-order chi connectivity index (χ0) is 10.1. The van der Waals surface area contributed by atoms with Crippen molar-refractivity contribution in [1.82, 2.24) is 0 Å². The molecule has 1 atom stereocenters. The summed E-state index contributed by atoms with van der Waals surface area (Å²) in [4.78, 5) is 10.4. The fourth-order valence-electron chi connectivity index (χ4n) is 0.878. The molecule has 0 aromatic heterocycles. The molecule has 74 valence electrons. The Bertz CT molecular complexity index is 192. The summed E-state index contributed by atoms with van der Waals surface area (Å²) < 4.78 is 0. The zero-order valence-electron chi connectivity index (χ0n) is 8.36. The van der Waals surface area contributed by atoms with Gasteiger partial charge in [-0.1, -0.05) is 31.2 Å². The molecule has 0 saturated heterocycles. The van der Waals surface area contributed by atoms with Crippen molar-refractivity contribution in [3.8, 4) is 0 Å². The van der Waals surface area contributed by atoms with Crippen LogP contribution in [0.3, 0.4) is 0 Å². The van der Waals surface area contributed by atoms with Gasteiger partial charge in [-0.05, 0) is 26.2 Å². The molecule has 1 N–H and O–H groups in total. The number of unbranched alkanes of at least 4 members (excludes halogenated alkanes) is 1. The van der Waals surface area contributed by atoms with Crippen molar-refractivity contribution in [3.63, 3.8) is 0 Å². The third kappa shape index (κ3) is 7.32. The van der Waals surface area contributed by atoms with Gasteiger partial charge in [-0.25, -0.2) is 0 Å². The SMILES string of the molecule is CC=CCCC=CCC(C)C(=O)O. The van der Waals surface area contributed by atoms with E-state index in [1.807, 2.05) is 25.2 Å². The summed E-state index contributed by atoms with van der Waals surface area (Å²) >= 11 is 0. The molecule has 0 heterocycles. The lowest BCUT2D eigenvalue weighted by atomic mass is 10.1. The largest absolute Gasteiger partial charge is 0.481 e. The van der Waals surface area contributed by atoms with E-state index in [2.05, 4.69) is 6.08 Å². The predicted octanol–water partition coefficient (Wildman–Crippen LogP) is 3.01. The van der Waals surface area contributed by atoms with Crippen molar-refractivity contribution in [1.29, 1.82) is 0 Å². The highest BCUT2D eigenvalue weighted by Crippen LogP contribution is 2.03. The van der Waals surface area contributed by atoms with Crippen LogP contribution >= 0.6 is 0 Å². The van der Waals surface area contributed by atoms with Crippen LogP contribution in [0.15, 0.2) is 24.3 Å². The number of carboxylic acid groups (broad SMARTS) is 1. The molecule has 1 unspecified atom stereocenters. The minimum atomic E-state index is -0.724. The van der Waals surface area contributed by atoms with Gasteiger partial charge in [-0.15, -0.1) is 0 Å². The van der Waals surface area contributed by atoms with Crippen molar-refractivity contribution in [3.05, 3.63) is 24.3 Å². The average Bonchev–Trinajstić information content (AvgIpc) is 2.10. The average molecular weight is 182 g/mol. The molecular weight excluding hydrogens is 164 g/mol. The molecule has 0 aliphatic rings. The molecule has 0 bridgehead atoms. The highest BCUT2D eigenvalue weighted by atomic mass is 16.4. The van der Waals surface area contributed by atoms with Crippen molar-refractivity contribution < 1.29 is 9.90 Å². The van der Waals surface area contributed by atoms with Gasteiger partial charge < -0.3 is 5.11 Å². The minimum Gasteiger partial charge on any atom is -0.481 e. The molecule has 0 saturated carbocycles. The first kappa shape index (κ1) is 11.9. The third-order valence-electron chi connectivity index (χ3n) is 1.81. The number of carboxylic acids is 1. The molecule has 2 nitrogen and oxygen atoms in total. The van der Waals surface area contributed by atoms with Gasteiger partial charge >= 0.3 is 5.97 Å². The highest BCUT2D eigenvalue weighted by molar-refractivity contribution is 5.69. The summed E-state index contributed by atoms with van der Waals surface area (Å²) in [5.74, 6) is -0.990. The number of allylic oxidation sites excluding steroid dienone is 4. The molecule has 0 aromatic carbocycles. The Morgan fingerprint density at radius 1 is 1.31 bits per heavy atom. The van der Waals surface area contributed by atoms with Gasteiger partial charge in [0.25, 0.3) is 0 Å². The van der Waals surface area contributed by atoms with Crippen molar-refractivity contribution in [2.75, 3.05) is 0 Å². The standard InChI is InChI=1S/C11H18O2/c1-3-4-5-6-7-8-9-10(2)11(12)13/h3-4,7-8,10H,5-6,9H2,1-2H3,(H,12,13). The van der Waals surface area contributed by atoms with E-state index < -0.39 is 5.97 Å². The molecular formula is C11H18O2. The van der Waals surface area contributed by atoms with Crippen LogP contribution in [0.4, 0.5) is 0 Å². The summed E-state index contributed by atoms with van der Waals surface area (Å²) in [5.41, 5.74) is 0. The third-order valence-corrected chi connectivity index (χ3v) is 1.81.